The van der Waals surface area contributed by atoms with Crippen LogP contribution in [0.25, 0.3) is 0 Å². The Labute approximate surface area is 172 Å². The molecule has 3 rings (SSSR count). The molecule has 0 radical (unpaired) electrons. The Morgan fingerprint density at radius 1 is 1.14 bits per heavy atom. The summed E-state index contributed by atoms with van der Waals surface area (Å²) in [5.74, 6) is 0.0466. The van der Waals surface area contributed by atoms with Crippen molar-refractivity contribution in [2.24, 2.45) is 0 Å². The molecular formula is C18H24N5O3S2+. The number of nitrogens with zero attached hydrogens (tertiary/aromatic N) is 2. The number of aryl methyl sites for hydroxylation is 2. The van der Waals surface area contributed by atoms with Crippen LogP contribution in [0.2, 0.25) is 0 Å². The summed E-state index contributed by atoms with van der Waals surface area (Å²) in [6.45, 7) is 7.37. The summed E-state index contributed by atoms with van der Waals surface area (Å²) in [4.78, 5) is 25.6. The molecule has 0 aliphatic carbocycles. The first kappa shape index (κ1) is 20.7. The fraction of sp³-hybridized carbons (Fsp3) is 0.444. The fourth-order valence-corrected chi connectivity index (χ4v) is 4.43. The lowest BCUT2D eigenvalue weighted by atomic mass is 10.1. The second-order valence-electron chi connectivity index (χ2n) is 6.56. The molecule has 0 bridgehead atoms. The van der Waals surface area contributed by atoms with Crippen molar-refractivity contribution in [2.75, 3.05) is 49.2 Å². The molecular weight excluding hydrogens is 398 g/mol. The summed E-state index contributed by atoms with van der Waals surface area (Å²) in [6, 6.07) is 5.90. The van der Waals surface area contributed by atoms with Gasteiger partial charge in [0.15, 0.2) is 10.9 Å². The Bertz CT molecular complexity index is 816. The molecule has 2 heterocycles. The van der Waals surface area contributed by atoms with E-state index < -0.39 is 0 Å². The van der Waals surface area contributed by atoms with E-state index in [1.165, 1.54) is 28.0 Å². The molecule has 0 spiro atoms. The number of anilines is 2. The van der Waals surface area contributed by atoms with Gasteiger partial charge in [0.25, 0.3) is 5.91 Å². The number of benzene rings is 1. The maximum absolute atomic E-state index is 12.2. The number of thioether (sulfide) groups is 1. The summed E-state index contributed by atoms with van der Waals surface area (Å²) >= 11 is 2.58. The zero-order valence-electron chi connectivity index (χ0n) is 15.9. The van der Waals surface area contributed by atoms with Crippen LogP contribution in [0.3, 0.4) is 0 Å². The zero-order valence-corrected chi connectivity index (χ0v) is 17.5. The first-order valence-corrected chi connectivity index (χ1v) is 10.8. The van der Waals surface area contributed by atoms with E-state index in [9.17, 15) is 9.59 Å². The topological polar surface area (TPSA) is 97.6 Å². The van der Waals surface area contributed by atoms with Crippen molar-refractivity contribution in [2.45, 2.75) is 18.2 Å². The fourth-order valence-electron chi connectivity index (χ4n) is 2.86. The van der Waals surface area contributed by atoms with Crippen LogP contribution in [0.5, 0.6) is 0 Å². The number of amides is 2. The predicted octanol–water partition coefficient (Wildman–Crippen LogP) is 0.739. The molecule has 1 aromatic heterocycles. The molecule has 1 aliphatic heterocycles. The van der Waals surface area contributed by atoms with Crippen molar-refractivity contribution in [1.82, 2.24) is 10.2 Å². The number of para-hydroxylation sites is 1. The van der Waals surface area contributed by atoms with Crippen LogP contribution in [0.1, 0.15) is 11.1 Å². The third kappa shape index (κ3) is 5.99. The number of carbonyl (C=O) groups is 2. The molecule has 10 heteroatoms. The standard InChI is InChI=1S/C18H23N5O3S2/c1-12-4-3-5-13(2)16(12)19-15(25)11-27-18-22-21-17(28-18)20-14(24)10-23-6-8-26-9-7-23/h3-5H,6-11H2,1-2H3,(H,19,25)(H,20,21,24)/p+1. The van der Waals surface area contributed by atoms with Crippen molar-refractivity contribution in [3.05, 3.63) is 29.3 Å². The second kappa shape index (κ2) is 9.97. The summed E-state index contributed by atoms with van der Waals surface area (Å²) in [7, 11) is 0. The number of hydrogen-bond acceptors (Lipinski definition) is 7. The van der Waals surface area contributed by atoms with Crippen LogP contribution in [0, 0.1) is 13.8 Å². The van der Waals surface area contributed by atoms with Gasteiger partial charge in [0.1, 0.15) is 13.1 Å². The van der Waals surface area contributed by atoms with E-state index in [0.717, 1.165) is 29.9 Å². The second-order valence-corrected chi connectivity index (χ2v) is 8.76. The summed E-state index contributed by atoms with van der Waals surface area (Å²) < 4.78 is 5.94. The highest BCUT2D eigenvalue weighted by molar-refractivity contribution is 8.01. The normalized spacial score (nSPS) is 14.6. The molecule has 8 nitrogen and oxygen atoms in total. The summed E-state index contributed by atoms with van der Waals surface area (Å²) in [5.41, 5.74) is 2.91. The van der Waals surface area contributed by atoms with Crippen LogP contribution >= 0.6 is 23.1 Å². The van der Waals surface area contributed by atoms with E-state index >= 15 is 0 Å². The van der Waals surface area contributed by atoms with Gasteiger partial charge in [0.05, 0.1) is 19.0 Å². The van der Waals surface area contributed by atoms with Gasteiger partial charge in [-0.3, -0.25) is 14.9 Å². The van der Waals surface area contributed by atoms with Gasteiger partial charge in [0.2, 0.25) is 11.0 Å². The average molecular weight is 423 g/mol. The molecule has 1 saturated heterocycles. The van der Waals surface area contributed by atoms with Crippen LogP contribution in [-0.4, -0.2) is 60.6 Å². The van der Waals surface area contributed by atoms with E-state index in [1.54, 1.807) is 0 Å². The van der Waals surface area contributed by atoms with E-state index in [1.807, 2.05) is 32.0 Å². The van der Waals surface area contributed by atoms with Gasteiger partial charge in [-0.25, -0.2) is 0 Å². The highest BCUT2D eigenvalue weighted by atomic mass is 32.2. The highest BCUT2D eigenvalue weighted by Crippen LogP contribution is 2.26. The van der Waals surface area contributed by atoms with Gasteiger partial charge >= 0.3 is 0 Å². The zero-order chi connectivity index (χ0) is 19.9. The number of morpholine rings is 1. The molecule has 1 aromatic carbocycles. The Kier molecular flexibility index (Phi) is 7.37. The quantitative estimate of drug-likeness (QED) is 0.450. The molecule has 0 saturated carbocycles. The van der Waals surface area contributed by atoms with E-state index in [-0.39, 0.29) is 17.6 Å². The van der Waals surface area contributed by atoms with Crippen LogP contribution in [0.15, 0.2) is 22.5 Å². The van der Waals surface area contributed by atoms with Crippen molar-refractivity contribution in [3.63, 3.8) is 0 Å². The van der Waals surface area contributed by atoms with Crippen molar-refractivity contribution >= 4 is 45.7 Å². The molecule has 2 aromatic rings. The Morgan fingerprint density at radius 2 is 1.86 bits per heavy atom. The largest absolute Gasteiger partial charge is 0.370 e. The molecule has 1 aliphatic rings. The maximum atomic E-state index is 12.2. The van der Waals surface area contributed by atoms with Crippen LogP contribution in [-0.2, 0) is 14.3 Å². The van der Waals surface area contributed by atoms with E-state index in [4.69, 9.17) is 4.74 Å². The van der Waals surface area contributed by atoms with Gasteiger partial charge in [-0.1, -0.05) is 41.3 Å². The van der Waals surface area contributed by atoms with Crippen LogP contribution < -0.4 is 15.5 Å². The van der Waals surface area contributed by atoms with Crippen molar-refractivity contribution < 1.29 is 19.2 Å². The third-order valence-electron chi connectivity index (χ3n) is 4.34. The molecule has 2 amide bonds. The smallest absolute Gasteiger partial charge is 0.281 e. The monoisotopic (exact) mass is 422 g/mol. The van der Waals surface area contributed by atoms with E-state index in [0.29, 0.717) is 29.2 Å². The Morgan fingerprint density at radius 3 is 2.57 bits per heavy atom. The number of carbonyl (C=O) groups excluding carboxylic acids is 2. The molecule has 3 N–H and O–H groups in total. The SMILES string of the molecule is Cc1cccc(C)c1NC(=O)CSc1nnc(NC(=O)C[NH+]2CCOCC2)s1. The van der Waals surface area contributed by atoms with Crippen molar-refractivity contribution in [3.8, 4) is 0 Å². The summed E-state index contributed by atoms with van der Waals surface area (Å²) in [5, 5.41) is 14.2. The minimum atomic E-state index is -0.0981. The molecule has 28 heavy (non-hydrogen) atoms. The van der Waals surface area contributed by atoms with Gasteiger partial charge in [-0.2, -0.15) is 0 Å². The minimum absolute atomic E-state index is 0.0858. The van der Waals surface area contributed by atoms with E-state index in [2.05, 4.69) is 20.8 Å². The molecule has 0 unspecified atom stereocenters. The van der Waals surface area contributed by atoms with Crippen LogP contribution in [0.4, 0.5) is 10.8 Å². The number of aromatic nitrogens is 2. The molecule has 0 atom stereocenters. The van der Waals surface area contributed by atoms with Gasteiger partial charge in [0, 0.05) is 5.69 Å². The molecule has 1 fully saturated rings. The molecule has 150 valence electrons. The van der Waals surface area contributed by atoms with Gasteiger partial charge < -0.3 is 15.0 Å². The predicted molar refractivity (Wildman–Crippen MR) is 110 cm³/mol. The number of rotatable bonds is 7. The first-order chi connectivity index (χ1) is 13.5. The Hall–Kier alpha value is -2.01. The number of ether oxygens (including phenoxy) is 1. The lowest BCUT2D eigenvalue weighted by Gasteiger charge is -2.22. The minimum Gasteiger partial charge on any atom is -0.370 e. The average Bonchev–Trinajstić information content (AvgIpc) is 3.11. The number of nitrogens with one attached hydrogen (secondary N) is 3. The highest BCUT2D eigenvalue weighted by Gasteiger charge is 2.19. The van der Waals surface area contributed by atoms with Gasteiger partial charge in [-0.05, 0) is 25.0 Å². The lowest BCUT2D eigenvalue weighted by molar-refractivity contribution is -0.899. The maximum Gasteiger partial charge on any atom is 0.281 e. The van der Waals surface area contributed by atoms with Gasteiger partial charge in [-0.15, -0.1) is 10.2 Å². The third-order valence-corrected chi connectivity index (χ3v) is 6.31. The van der Waals surface area contributed by atoms with Crippen molar-refractivity contribution in [1.29, 1.82) is 0 Å². The number of hydrogen-bond donors (Lipinski definition) is 3. The first-order valence-electron chi connectivity index (χ1n) is 9.05. The lowest BCUT2D eigenvalue weighted by Crippen LogP contribution is -3.15. The number of quaternary nitrogens is 1. The summed E-state index contributed by atoms with van der Waals surface area (Å²) in [6.07, 6.45) is 0. The Balaban J connectivity index is 1.45.